The van der Waals surface area contributed by atoms with Gasteiger partial charge in [-0.2, -0.15) is 4.68 Å². The number of pyridine rings is 1. The molecule has 1 N–H and O–H groups in total. The lowest BCUT2D eigenvalue weighted by Gasteiger charge is -2.18. The minimum Gasteiger partial charge on any atom is -0.375 e. The molecule has 22 heavy (non-hydrogen) atoms. The summed E-state index contributed by atoms with van der Waals surface area (Å²) in [6, 6.07) is 16.0. The molecule has 0 unspecified atom stereocenters. The molecule has 0 aliphatic rings. The second-order valence-corrected chi connectivity index (χ2v) is 5.09. The van der Waals surface area contributed by atoms with Crippen molar-refractivity contribution in [1.82, 2.24) is 19.7 Å². The van der Waals surface area contributed by atoms with Crippen molar-refractivity contribution in [3.8, 4) is 5.82 Å². The zero-order chi connectivity index (χ0) is 15.4. The van der Waals surface area contributed by atoms with Crippen LogP contribution in [-0.4, -0.2) is 19.7 Å². The average Bonchev–Trinajstić information content (AvgIpc) is 2.96. The van der Waals surface area contributed by atoms with E-state index in [2.05, 4.69) is 39.4 Å². The molecule has 0 saturated heterocycles. The van der Waals surface area contributed by atoms with Gasteiger partial charge in [-0.3, -0.25) is 0 Å². The van der Waals surface area contributed by atoms with Gasteiger partial charge in [0.1, 0.15) is 5.82 Å². The number of nitrogens with one attached hydrogen (secondary N) is 1. The highest BCUT2D eigenvalue weighted by molar-refractivity contribution is 5.44. The van der Waals surface area contributed by atoms with Crippen molar-refractivity contribution in [1.29, 1.82) is 0 Å². The van der Waals surface area contributed by atoms with Gasteiger partial charge < -0.3 is 5.32 Å². The number of hydrogen-bond acceptors (Lipinski definition) is 4. The SMILES string of the molecule is CC[C@H](Nc1ccccc1)c1nc(C)nn1-c1ccccn1. The fourth-order valence-electron chi connectivity index (χ4n) is 2.39. The molecule has 0 radical (unpaired) electrons. The third-order valence-electron chi connectivity index (χ3n) is 3.44. The zero-order valence-corrected chi connectivity index (χ0v) is 12.8. The Hall–Kier alpha value is -2.69. The van der Waals surface area contributed by atoms with Crippen molar-refractivity contribution in [2.24, 2.45) is 0 Å². The second kappa shape index (κ2) is 6.39. The molecule has 3 aromatic rings. The van der Waals surface area contributed by atoms with Crippen LogP contribution in [0.15, 0.2) is 54.7 Å². The summed E-state index contributed by atoms with van der Waals surface area (Å²) in [6.07, 6.45) is 2.67. The van der Waals surface area contributed by atoms with Crippen LogP contribution in [0.2, 0.25) is 0 Å². The van der Waals surface area contributed by atoms with E-state index in [1.807, 2.05) is 48.0 Å². The third-order valence-corrected chi connectivity index (χ3v) is 3.44. The number of rotatable bonds is 5. The van der Waals surface area contributed by atoms with E-state index in [-0.39, 0.29) is 6.04 Å². The van der Waals surface area contributed by atoms with Crippen molar-refractivity contribution in [3.05, 3.63) is 66.4 Å². The number of hydrogen-bond donors (Lipinski definition) is 1. The maximum absolute atomic E-state index is 4.60. The van der Waals surface area contributed by atoms with Gasteiger partial charge in [0.2, 0.25) is 0 Å². The highest BCUT2D eigenvalue weighted by Crippen LogP contribution is 2.22. The van der Waals surface area contributed by atoms with Gasteiger partial charge in [0.25, 0.3) is 0 Å². The number of benzene rings is 1. The van der Waals surface area contributed by atoms with Crippen LogP contribution < -0.4 is 5.32 Å². The van der Waals surface area contributed by atoms with E-state index < -0.39 is 0 Å². The first-order valence-corrected chi connectivity index (χ1v) is 7.44. The molecule has 5 nitrogen and oxygen atoms in total. The van der Waals surface area contributed by atoms with Gasteiger partial charge in [0.15, 0.2) is 11.6 Å². The quantitative estimate of drug-likeness (QED) is 0.782. The van der Waals surface area contributed by atoms with Crippen LogP contribution in [0.4, 0.5) is 5.69 Å². The minimum absolute atomic E-state index is 0.0746. The Kier molecular flexibility index (Phi) is 4.14. The third kappa shape index (κ3) is 2.98. The summed E-state index contributed by atoms with van der Waals surface area (Å²) in [4.78, 5) is 8.98. The van der Waals surface area contributed by atoms with E-state index in [9.17, 15) is 0 Å². The first kappa shape index (κ1) is 14.3. The fraction of sp³-hybridized carbons (Fsp3) is 0.235. The highest BCUT2D eigenvalue weighted by Gasteiger charge is 2.19. The predicted molar refractivity (Wildman–Crippen MR) is 87.0 cm³/mol. The van der Waals surface area contributed by atoms with E-state index in [1.165, 1.54) is 0 Å². The Morgan fingerprint density at radius 2 is 1.86 bits per heavy atom. The number of anilines is 1. The largest absolute Gasteiger partial charge is 0.375 e. The van der Waals surface area contributed by atoms with Gasteiger partial charge in [-0.15, -0.1) is 5.10 Å². The Bertz CT molecular complexity index is 721. The second-order valence-electron chi connectivity index (χ2n) is 5.09. The van der Waals surface area contributed by atoms with Crippen LogP contribution in [0.1, 0.15) is 31.0 Å². The van der Waals surface area contributed by atoms with Gasteiger partial charge in [-0.25, -0.2) is 9.97 Å². The van der Waals surface area contributed by atoms with Gasteiger partial charge in [-0.05, 0) is 37.6 Å². The van der Waals surface area contributed by atoms with Crippen LogP contribution in [0, 0.1) is 6.92 Å². The van der Waals surface area contributed by atoms with Gasteiger partial charge in [0.05, 0.1) is 6.04 Å². The smallest absolute Gasteiger partial charge is 0.156 e. The molecular weight excluding hydrogens is 274 g/mol. The lowest BCUT2D eigenvalue weighted by molar-refractivity contribution is 0.651. The maximum Gasteiger partial charge on any atom is 0.156 e. The summed E-state index contributed by atoms with van der Waals surface area (Å²) in [7, 11) is 0. The van der Waals surface area contributed by atoms with Gasteiger partial charge in [0, 0.05) is 11.9 Å². The Morgan fingerprint density at radius 1 is 1.09 bits per heavy atom. The number of para-hydroxylation sites is 1. The Morgan fingerprint density at radius 3 is 2.55 bits per heavy atom. The minimum atomic E-state index is 0.0746. The highest BCUT2D eigenvalue weighted by atomic mass is 15.4. The van der Waals surface area contributed by atoms with E-state index in [1.54, 1.807) is 6.20 Å². The predicted octanol–water partition coefficient (Wildman–Crippen LogP) is 3.53. The molecule has 0 bridgehead atoms. The Balaban J connectivity index is 1.96. The van der Waals surface area contributed by atoms with E-state index in [0.717, 1.165) is 29.6 Å². The fourth-order valence-corrected chi connectivity index (χ4v) is 2.39. The van der Waals surface area contributed by atoms with E-state index in [4.69, 9.17) is 0 Å². The summed E-state index contributed by atoms with van der Waals surface area (Å²) in [5.41, 5.74) is 1.07. The molecule has 2 aromatic heterocycles. The number of nitrogens with zero attached hydrogens (tertiary/aromatic N) is 4. The molecular formula is C17H19N5. The normalized spacial score (nSPS) is 12.1. The molecule has 0 fully saturated rings. The average molecular weight is 293 g/mol. The van der Waals surface area contributed by atoms with Crippen molar-refractivity contribution < 1.29 is 0 Å². The molecule has 0 spiro atoms. The monoisotopic (exact) mass is 293 g/mol. The molecule has 5 heteroatoms. The summed E-state index contributed by atoms with van der Waals surface area (Å²) in [5, 5.41) is 8.01. The summed E-state index contributed by atoms with van der Waals surface area (Å²) < 4.78 is 1.82. The van der Waals surface area contributed by atoms with Crippen LogP contribution in [0.3, 0.4) is 0 Å². The molecule has 1 aromatic carbocycles. The molecule has 2 heterocycles. The molecule has 0 amide bonds. The van der Waals surface area contributed by atoms with Crippen LogP contribution in [-0.2, 0) is 0 Å². The van der Waals surface area contributed by atoms with Gasteiger partial charge >= 0.3 is 0 Å². The molecule has 112 valence electrons. The van der Waals surface area contributed by atoms with Gasteiger partial charge in [-0.1, -0.05) is 31.2 Å². The first-order valence-electron chi connectivity index (χ1n) is 7.44. The number of aromatic nitrogens is 4. The van der Waals surface area contributed by atoms with Crippen molar-refractivity contribution >= 4 is 5.69 Å². The lowest BCUT2D eigenvalue weighted by Crippen LogP contribution is -2.16. The van der Waals surface area contributed by atoms with E-state index in [0.29, 0.717) is 0 Å². The summed E-state index contributed by atoms with van der Waals surface area (Å²) in [6.45, 7) is 4.03. The molecule has 0 aliphatic carbocycles. The van der Waals surface area contributed by atoms with Crippen molar-refractivity contribution in [2.75, 3.05) is 5.32 Å². The number of aryl methyl sites for hydroxylation is 1. The van der Waals surface area contributed by atoms with Crippen molar-refractivity contribution in [2.45, 2.75) is 26.3 Å². The summed E-state index contributed by atoms with van der Waals surface area (Å²) in [5.74, 6) is 2.41. The van der Waals surface area contributed by atoms with Crippen molar-refractivity contribution in [3.63, 3.8) is 0 Å². The summed E-state index contributed by atoms with van der Waals surface area (Å²) >= 11 is 0. The van der Waals surface area contributed by atoms with Crippen LogP contribution in [0.5, 0.6) is 0 Å². The molecule has 0 aliphatic heterocycles. The standard InChI is InChI=1S/C17H19N5/c1-3-15(20-14-9-5-4-6-10-14)17-19-13(2)21-22(17)16-11-7-8-12-18-16/h4-12,15,20H,3H2,1-2H3/t15-/m0/s1. The maximum atomic E-state index is 4.60. The molecule has 0 saturated carbocycles. The van der Waals surface area contributed by atoms with Crippen LogP contribution >= 0.6 is 0 Å². The zero-order valence-electron chi connectivity index (χ0n) is 12.8. The first-order chi connectivity index (χ1) is 10.8. The molecule has 3 rings (SSSR count). The molecule has 1 atom stereocenters. The Labute approximate surface area is 130 Å². The van der Waals surface area contributed by atoms with Crippen LogP contribution in [0.25, 0.3) is 5.82 Å². The van der Waals surface area contributed by atoms with E-state index >= 15 is 0 Å². The lowest BCUT2D eigenvalue weighted by atomic mass is 10.2. The topological polar surface area (TPSA) is 55.6 Å².